The van der Waals surface area contributed by atoms with Crippen LogP contribution in [0.3, 0.4) is 0 Å². The Labute approximate surface area is 194 Å². The second-order valence-electron chi connectivity index (χ2n) is 7.32. The third-order valence-corrected chi connectivity index (χ3v) is 6.13. The molecule has 2 aromatic rings. The van der Waals surface area contributed by atoms with Crippen molar-refractivity contribution in [2.75, 3.05) is 37.9 Å². The Morgan fingerprint density at radius 2 is 2.19 bits per heavy atom. The number of methoxy groups -OCH3 is 1. The maximum atomic E-state index is 6.17. The van der Waals surface area contributed by atoms with Gasteiger partial charge < -0.3 is 25.4 Å². The van der Waals surface area contributed by atoms with E-state index in [4.69, 9.17) is 20.9 Å². The van der Waals surface area contributed by atoms with Gasteiger partial charge in [0, 0.05) is 25.8 Å². The number of piperidine rings is 1. The summed E-state index contributed by atoms with van der Waals surface area (Å²) >= 11 is 1.52. The summed E-state index contributed by atoms with van der Waals surface area (Å²) in [6.07, 6.45) is 9.63. The van der Waals surface area contributed by atoms with Gasteiger partial charge in [0.15, 0.2) is 5.75 Å². The first-order valence-electron chi connectivity index (χ1n) is 10.6. The summed E-state index contributed by atoms with van der Waals surface area (Å²) in [6.45, 7) is 5.81. The van der Waals surface area contributed by atoms with E-state index in [0.29, 0.717) is 35.2 Å². The minimum Gasteiger partial charge on any atom is -0.478 e. The molecule has 3 N–H and O–H groups in total. The van der Waals surface area contributed by atoms with E-state index >= 15 is 0 Å². The molecule has 9 heteroatoms. The fourth-order valence-corrected chi connectivity index (χ4v) is 4.11. The van der Waals surface area contributed by atoms with Crippen LogP contribution in [0.5, 0.6) is 11.6 Å². The molecule has 0 saturated carbocycles. The Morgan fingerprint density at radius 1 is 1.34 bits per heavy atom. The Bertz CT molecular complexity index is 985. The summed E-state index contributed by atoms with van der Waals surface area (Å²) in [5, 5.41) is 9.75. The van der Waals surface area contributed by atoms with Crippen molar-refractivity contribution in [3.8, 4) is 24.0 Å². The highest BCUT2D eigenvalue weighted by molar-refractivity contribution is 8.09. The SMILES string of the molecule is C#CC(C)S/C(=C(\C)Oc1ccc(NC)nc1OC)c1ccnc(NC2CCCNC2)n1. The van der Waals surface area contributed by atoms with Crippen LogP contribution >= 0.6 is 11.8 Å². The number of allylic oxidation sites excluding steroid dienone is 1. The van der Waals surface area contributed by atoms with E-state index in [-0.39, 0.29) is 5.25 Å². The molecule has 0 aromatic carbocycles. The molecule has 0 bridgehead atoms. The van der Waals surface area contributed by atoms with Crippen LogP contribution in [-0.4, -0.2) is 53.5 Å². The van der Waals surface area contributed by atoms with Crippen molar-refractivity contribution in [2.24, 2.45) is 0 Å². The van der Waals surface area contributed by atoms with E-state index < -0.39 is 0 Å². The Hall–Kier alpha value is -2.96. The molecule has 32 heavy (non-hydrogen) atoms. The molecule has 3 heterocycles. The summed E-state index contributed by atoms with van der Waals surface area (Å²) in [5.74, 6) is 5.59. The zero-order chi connectivity index (χ0) is 22.9. The Kier molecular flexibility index (Phi) is 8.59. The van der Waals surface area contributed by atoms with Crippen molar-refractivity contribution < 1.29 is 9.47 Å². The number of nitrogens with zero attached hydrogens (tertiary/aromatic N) is 3. The number of pyridine rings is 1. The topological polar surface area (TPSA) is 93.2 Å². The van der Waals surface area contributed by atoms with Gasteiger partial charge in [0.05, 0.1) is 23.0 Å². The van der Waals surface area contributed by atoms with Crippen LogP contribution in [-0.2, 0) is 0 Å². The molecule has 2 unspecified atom stereocenters. The zero-order valence-corrected chi connectivity index (χ0v) is 19.8. The number of hydrogen-bond acceptors (Lipinski definition) is 9. The standard InChI is InChI=1S/C23H30N6O2S/c1-6-15(2)32-21(16(3)31-19-9-10-20(24-4)29-22(19)30-5)18-11-13-26-23(28-18)27-17-8-7-12-25-14-17/h1,9-11,13,15,17,25H,7-8,12,14H2,2-5H3,(H,24,29)(H,26,27,28)/b21-16+. The quantitative estimate of drug-likeness (QED) is 0.388. The second kappa shape index (κ2) is 11.6. The lowest BCUT2D eigenvalue weighted by molar-refractivity contribution is 0.351. The van der Waals surface area contributed by atoms with E-state index in [2.05, 4.69) is 31.8 Å². The molecule has 0 spiro atoms. The first-order valence-corrected chi connectivity index (χ1v) is 11.5. The van der Waals surface area contributed by atoms with Crippen molar-refractivity contribution >= 4 is 28.4 Å². The lowest BCUT2D eigenvalue weighted by Crippen LogP contribution is -2.38. The van der Waals surface area contributed by atoms with Gasteiger partial charge in [-0.25, -0.2) is 9.97 Å². The number of terminal acetylenes is 1. The maximum absolute atomic E-state index is 6.17. The fourth-order valence-electron chi connectivity index (χ4n) is 3.25. The van der Waals surface area contributed by atoms with Crippen LogP contribution in [0.4, 0.5) is 11.8 Å². The summed E-state index contributed by atoms with van der Waals surface area (Å²) in [4.78, 5) is 14.4. The number of thioether (sulfide) groups is 1. The van der Waals surface area contributed by atoms with Gasteiger partial charge >= 0.3 is 0 Å². The Balaban J connectivity index is 1.91. The summed E-state index contributed by atoms with van der Waals surface area (Å²) < 4.78 is 11.6. The van der Waals surface area contributed by atoms with Crippen molar-refractivity contribution in [2.45, 2.75) is 38.0 Å². The van der Waals surface area contributed by atoms with Gasteiger partial charge in [-0.1, -0.05) is 5.92 Å². The smallest absolute Gasteiger partial charge is 0.259 e. The summed E-state index contributed by atoms with van der Waals surface area (Å²) in [7, 11) is 3.36. The predicted octanol–water partition coefficient (Wildman–Crippen LogP) is 3.61. The molecular weight excluding hydrogens is 424 g/mol. The average molecular weight is 455 g/mol. The monoisotopic (exact) mass is 454 g/mol. The molecule has 170 valence electrons. The maximum Gasteiger partial charge on any atom is 0.259 e. The largest absolute Gasteiger partial charge is 0.478 e. The third kappa shape index (κ3) is 6.28. The van der Waals surface area contributed by atoms with Crippen molar-refractivity contribution in [1.29, 1.82) is 0 Å². The summed E-state index contributed by atoms with van der Waals surface area (Å²) in [6, 6.07) is 5.81. The molecule has 2 aromatic heterocycles. The minimum absolute atomic E-state index is 0.0656. The summed E-state index contributed by atoms with van der Waals surface area (Å²) in [5.41, 5.74) is 0.745. The molecule has 1 saturated heterocycles. The van der Waals surface area contributed by atoms with Crippen LogP contribution in [0.1, 0.15) is 32.4 Å². The molecule has 1 aliphatic heterocycles. The molecular formula is C23H30N6O2S. The van der Waals surface area contributed by atoms with Gasteiger partial charge in [-0.15, -0.1) is 18.2 Å². The average Bonchev–Trinajstić information content (AvgIpc) is 2.83. The second-order valence-corrected chi connectivity index (χ2v) is 8.67. The normalized spacial score (nSPS) is 17.5. The van der Waals surface area contributed by atoms with Gasteiger partial charge in [0.25, 0.3) is 5.88 Å². The van der Waals surface area contributed by atoms with Gasteiger partial charge in [0.2, 0.25) is 5.95 Å². The molecule has 8 nitrogen and oxygen atoms in total. The fraction of sp³-hybridized carbons (Fsp3) is 0.435. The Morgan fingerprint density at radius 3 is 2.88 bits per heavy atom. The number of anilines is 2. The predicted molar refractivity (Wildman–Crippen MR) is 131 cm³/mol. The van der Waals surface area contributed by atoms with Gasteiger partial charge in [-0.3, -0.25) is 0 Å². The van der Waals surface area contributed by atoms with Crippen molar-refractivity contribution in [3.05, 3.63) is 35.8 Å². The van der Waals surface area contributed by atoms with Crippen LogP contribution in [0.15, 0.2) is 30.2 Å². The van der Waals surface area contributed by atoms with Gasteiger partial charge in [0.1, 0.15) is 11.6 Å². The van der Waals surface area contributed by atoms with Crippen molar-refractivity contribution in [1.82, 2.24) is 20.3 Å². The molecule has 1 aliphatic rings. The lowest BCUT2D eigenvalue weighted by atomic mass is 10.1. The van der Waals surface area contributed by atoms with E-state index in [1.165, 1.54) is 11.8 Å². The highest BCUT2D eigenvalue weighted by atomic mass is 32.2. The first-order chi connectivity index (χ1) is 15.5. The molecule has 1 fully saturated rings. The molecule has 0 radical (unpaired) electrons. The number of ether oxygens (including phenoxy) is 2. The van der Waals surface area contributed by atoms with E-state index in [1.807, 2.05) is 32.0 Å². The third-order valence-electron chi connectivity index (χ3n) is 4.91. The van der Waals surface area contributed by atoms with Crippen LogP contribution < -0.4 is 25.4 Å². The van der Waals surface area contributed by atoms with Crippen LogP contribution in [0, 0.1) is 12.3 Å². The van der Waals surface area contributed by atoms with Crippen molar-refractivity contribution in [3.63, 3.8) is 0 Å². The minimum atomic E-state index is -0.0656. The first kappa shape index (κ1) is 23.7. The van der Waals surface area contributed by atoms with Crippen LogP contribution in [0.25, 0.3) is 4.91 Å². The van der Waals surface area contributed by atoms with Gasteiger partial charge in [-0.05, 0) is 51.4 Å². The molecule has 0 amide bonds. The lowest BCUT2D eigenvalue weighted by Gasteiger charge is -2.24. The highest BCUT2D eigenvalue weighted by Crippen LogP contribution is 2.36. The van der Waals surface area contributed by atoms with Gasteiger partial charge in [-0.2, -0.15) is 4.98 Å². The highest BCUT2D eigenvalue weighted by Gasteiger charge is 2.18. The van der Waals surface area contributed by atoms with E-state index in [9.17, 15) is 0 Å². The molecule has 0 aliphatic carbocycles. The number of rotatable bonds is 9. The number of nitrogens with one attached hydrogen (secondary N) is 3. The van der Waals surface area contributed by atoms with E-state index in [0.717, 1.165) is 36.5 Å². The zero-order valence-electron chi connectivity index (χ0n) is 18.9. The number of hydrogen-bond donors (Lipinski definition) is 3. The molecule has 3 rings (SSSR count). The number of aromatic nitrogens is 3. The van der Waals surface area contributed by atoms with Crippen LogP contribution in [0.2, 0.25) is 0 Å². The van der Waals surface area contributed by atoms with E-state index in [1.54, 1.807) is 20.4 Å². The molecule has 2 atom stereocenters.